The van der Waals surface area contributed by atoms with E-state index in [0.717, 1.165) is 0 Å². The zero-order chi connectivity index (χ0) is 14.0. The van der Waals surface area contributed by atoms with E-state index in [9.17, 15) is 13.6 Å². The topological polar surface area (TPSA) is 32.3 Å². The molecular weight excluding hydrogens is 238 g/mol. The standard InChI is InChI=1S/C13H22F2N2O.H2/c1-10(11(18)16-8-12(2,3)4)7-17-6-5-13(14,15)9-17;/h1,5-9H2,2-4H3,(H,16,18);1H. The number of nitrogens with zero attached hydrogens (tertiary/aromatic N) is 1. The number of carbonyl (C=O) groups excluding carboxylic acids is 1. The van der Waals surface area contributed by atoms with Crippen LogP contribution in [0.25, 0.3) is 0 Å². The van der Waals surface area contributed by atoms with Crippen LogP contribution in [0.15, 0.2) is 12.2 Å². The first kappa shape index (κ1) is 15.1. The molecule has 0 saturated carbocycles. The van der Waals surface area contributed by atoms with Crippen molar-refractivity contribution in [2.75, 3.05) is 26.2 Å². The van der Waals surface area contributed by atoms with Gasteiger partial charge < -0.3 is 5.32 Å². The van der Waals surface area contributed by atoms with Crippen molar-refractivity contribution in [2.45, 2.75) is 33.1 Å². The van der Waals surface area contributed by atoms with Gasteiger partial charge >= 0.3 is 0 Å². The number of likely N-dealkylation sites (tertiary alicyclic amines) is 1. The number of alkyl halides is 2. The number of carbonyl (C=O) groups is 1. The second-order valence-electron chi connectivity index (χ2n) is 6.16. The minimum absolute atomic E-state index is 0. The number of hydrogen-bond acceptors (Lipinski definition) is 2. The van der Waals surface area contributed by atoms with E-state index in [-0.39, 0.29) is 32.3 Å². The van der Waals surface area contributed by atoms with Gasteiger partial charge in [-0.2, -0.15) is 0 Å². The van der Waals surface area contributed by atoms with Gasteiger partial charge in [0.25, 0.3) is 5.92 Å². The van der Waals surface area contributed by atoms with Crippen molar-refractivity contribution < 1.29 is 15.0 Å². The van der Waals surface area contributed by atoms with Crippen LogP contribution in [0.2, 0.25) is 0 Å². The van der Waals surface area contributed by atoms with Crippen LogP contribution in [0, 0.1) is 5.41 Å². The highest BCUT2D eigenvalue weighted by atomic mass is 19.3. The number of hydrogen-bond donors (Lipinski definition) is 1. The fourth-order valence-electron chi connectivity index (χ4n) is 1.75. The molecule has 106 valence electrons. The Morgan fingerprint density at radius 3 is 2.56 bits per heavy atom. The first-order valence-corrected chi connectivity index (χ1v) is 6.15. The molecule has 0 bridgehead atoms. The molecule has 0 aliphatic carbocycles. The Morgan fingerprint density at radius 2 is 2.11 bits per heavy atom. The average molecular weight is 262 g/mol. The van der Waals surface area contributed by atoms with E-state index in [1.807, 2.05) is 20.8 Å². The molecule has 1 amide bonds. The van der Waals surface area contributed by atoms with Crippen molar-refractivity contribution in [1.82, 2.24) is 10.2 Å². The Bertz CT molecular complexity index is 340. The van der Waals surface area contributed by atoms with Crippen LogP contribution in [0.5, 0.6) is 0 Å². The van der Waals surface area contributed by atoms with E-state index in [1.54, 1.807) is 4.90 Å². The smallest absolute Gasteiger partial charge is 0.261 e. The molecule has 0 aromatic rings. The molecule has 0 aromatic heterocycles. The van der Waals surface area contributed by atoms with E-state index in [0.29, 0.717) is 18.7 Å². The highest BCUT2D eigenvalue weighted by Crippen LogP contribution is 2.26. The minimum atomic E-state index is -2.62. The number of amides is 1. The summed E-state index contributed by atoms with van der Waals surface area (Å²) in [5.41, 5.74) is 0.341. The van der Waals surface area contributed by atoms with Crippen LogP contribution >= 0.6 is 0 Å². The van der Waals surface area contributed by atoms with E-state index >= 15 is 0 Å². The molecule has 0 unspecified atom stereocenters. The predicted molar refractivity (Wildman–Crippen MR) is 69.7 cm³/mol. The van der Waals surface area contributed by atoms with Gasteiger partial charge in [-0.3, -0.25) is 9.69 Å². The third-order valence-corrected chi connectivity index (χ3v) is 2.76. The van der Waals surface area contributed by atoms with Gasteiger partial charge in [0.2, 0.25) is 5.91 Å². The van der Waals surface area contributed by atoms with Crippen molar-refractivity contribution >= 4 is 5.91 Å². The summed E-state index contributed by atoms with van der Waals surface area (Å²) in [7, 11) is 0. The normalized spacial score (nSPS) is 19.8. The Kier molecular flexibility index (Phi) is 4.48. The largest absolute Gasteiger partial charge is 0.352 e. The third kappa shape index (κ3) is 5.12. The van der Waals surface area contributed by atoms with E-state index in [2.05, 4.69) is 11.9 Å². The molecule has 1 aliphatic rings. The highest BCUT2D eigenvalue weighted by molar-refractivity contribution is 5.93. The summed E-state index contributed by atoms with van der Waals surface area (Å²) in [5.74, 6) is -2.87. The van der Waals surface area contributed by atoms with Crippen LogP contribution in [0.3, 0.4) is 0 Å². The Balaban J connectivity index is 0.00000324. The van der Waals surface area contributed by atoms with Gasteiger partial charge in [0.1, 0.15) is 0 Å². The molecule has 3 nitrogen and oxygen atoms in total. The molecular formula is C13H24F2N2O. The molecule has 1 rings (SSSR count). The summed E-state index contributed by atoms with van der Waals surface area (Å²) in [6.45, 7) is 10.5. The maximum Gasteiger partial charge on any atom is 0.261 e. The third-order valence-electron chi connectivity index (χ3n) is 2.76. The average Bonchev–Trinajstić information content (AvgIpc) is 2.53. The summed E-state index contributed by atoms with van der Waals surface area (Å²) in [5, 5.41) is 2.76. The van der Waals surface area contributed by atoms with Crippen LogP contribution in [-0.4, -0.2) is 42.9 Å². The van der Waals surface area contributed by atoms with Crippen molar-refractivity contribution in [3.05, 3.63) is 12.2 Å². The van der Waals surface area contributed by atoms with Gasteiger partial charge in [-0.05, 0) is 5.41 Å². The molecule has 18 heavy (non-hydrogen) atoms. The molecule has 1 aliphatic heterocycles. The fourth-order valence-corrected chi connectivity index (χ4v) is 1.75. The molecule has 1 saturated heterocycles. The molecule has 5 heteroatoms. The molecule has 1 heterocycles. The first-order chi connectivity index (χ1) is 8.09. The fraction of sp³-hybridized carbons (Fsp3) is 0.769. The van der Waals surface area contributed by atoms with Gasteiger partial charge in [-0.25, -0.2) is 8.78 Å². The van der Waals surface area contributed by atoms with Crippen LogP contribution in [0.1, 0.15) is 28.6 Å². The van der Waals surface area contributed by atoms with Crippen molar-refractivity contribution in [2.24, 2.45) is 5.41 Å². The van der Waals surface area contributed by atoms with E-state index in [4.69, 9.17) is 0 Å². The molecule has 0 radical (unpaired) electrons. The number of halogens is 2. The summed E-state index contributed by atoms with van der Waals surface area (Å²) in [6.07, 6.45) is -0.135. The predicted octanol–water partition coefficient (Wildman–Crippen LogP) is 2.29. The Hall–Kier alpha value is -0.970. The van der Waals surface area contributed by atoms with Gasteiger partial charge in [-0.15, -0.1) is 0 Å². The number of rotatable bonds is 4. The van der Waals surface area contributed by atoms with E-state index in [1.165, 1.54) is 0 Å². The Labute approximate surface area is 109 Å². The zero-order valence-electron chi connectivity index (χ0n) is 11.4. The summed E-state index contributed by atoms with van der Waals surface area (Å²) in [4.78, 5) is 13.3. The Morgan fingerprint density at radius 1 is 1.50 bits per heavy atom. The van der Waals surface area contributed by atoms with Gasteiger partial charge in [0.05, 0.1) is 6.54 Å². The van der Waals surface area contributed by atoms with Crippen molar-refractivity contribution in [3.8, 4) is 0 Å². The van der Waals surface area contributed by atoms with Crippen LogP contribution < -0.4 is 5.32 Å². The first-order valence-electron chi connectivity index (χ1n) is 6.15. The lowest BCUT2D eigenvalue weighted by molar-refractivity contribution is -0.118. The molecule has 1 N–H and O–H groups in total. The second-order valence-corrected chi connectivity index (χ2v) is 6.16. The van der Waals surface area contributed by atoms with Crippen LogP contribution in [0.4, 0.5) is 8.78 Å². The molecule has 1 fully saturated rings. The highest BCUT2D eigenvalue weighted by Gasteiger charge is 2.38. The summed E-state index contributed by atoms with van der Waals surface area (Å²) < 4.78 is 26.0. The SMILES string of the molecule is C=C(CN1CCC(F)(F)C1)C(=O)NCC(C)(C)C.[HH]. The maximum atomic E-state index is 13.0. The zero-order valence-corrected chi connectivity index (χ0v) is 11.4. The summed E-state index contributed by atoms with van der Waals surface area (Å²) >= 11 is 0. The number of nitrogens with one attached hydrogen (secondary N) is 1. The summed E-state index contributed by atoms with van der Waals surface area (Å²) in [6, 6.07) is 0. The molecule has 0 spiro atoms. The van der Waals surface area contributed by atoms with Crippen molar-refractivity contribution in [3.63, 3.8) is 0 Å². The lowest BCUT2D eigenvalue weighted by Gasteiger charge is -2.21. The molecule has 0 aromatic carbocycles. The van der Waals surface area contributed by atoms with Gasteiger partial charge in [-0.1, -0.05) is 27.4 Å². The quantitative estimate of drug-likeness (QED) is 0.788. The van der Waals surface area contributed by atoms with Crippen LogP contribution in [-0.2, 0) is 4.79 Å². The van der Waals surface area contributed by atoms with Gasteiger partial charge in [0.15, 0.2) is 0 Å². The molecule has 0 atom stereocenters. The monoisotopic (exact) mass is 262 g/mol. The lowest BCUT2D eigenvalue weighted by atomic mass is 9.97. The van der Waals surface area contributed by atoms with E-state index < -0.39 is 5.92 Å². The minimum Gasteiger partial charge on any atom is -0.352 e. The second kappa shape index (κ2) is 5.34. The maximum absolute atomic E-state index is 13.0. The van der Waals surface area contributed by atoms with Crippen molar-refractivity contribution in [1.29, 1.82) is 0 Å². The lowest BCUT2D eigenvalue weighted by Crippen LogP contribution is -2.36. The van der Waals surface area contributed by atoms with Gasteiger partial charge in [0, 0.05) is 33.1 Å².